The number of aliphatic hydroxyl groups excluding tert-OH is 1. The Bertz CT molecular complexity index is 1900. The summed E-state index contributed by atoms with van der Waals surface area (Å²) in [6, 6.07) is 32.2. The third-order valence-corrected chi connectivity index (χ3v) is 12.5. The zero-order valence-electron chi connectivity index (χ0n) is 39.0. The summed E-state index contributed by atoms with van der Waals surface area (Å²) in [5, 5.41) is 15.7. The molecule has 1 aliphatic rings. The maximum Gasteiger partial charge on any atom is 0.224 e. The molecule has 0 bridgehead atoms. The Morgan fingerprint density at radius 1 is 0.656 bits per heavy atom. The zero-order chi connectivity index (χ0) is 45.2. The summed E-state index contributed by atoms with van der Waals surface area (Å²) in [5.74, 6) is -0.0140. The van der Waals surface area contributed by atoms with Crippen LogP contribution in [0.1, 0.15) is 170 Å². The number of rotatable bonds is 30. The zero-order valence-corrected chi connectivity index (χ0v) is 39.0. The van der Waals surface area contributed by atoms with Gasteiger partial charge in [-0.15, -0.1) is 0 Å². The first kappa shape index (κ1) is 50.5. The van der Waals surface area contributed by atoms with Gasteiger partial charge in [0.2, 0.25) is 11.8 Å². The van der Waals surface area contributed by atoms with Crippen LogP contribution in [0.2, 0.25) is 0 Å². The molecule has 0 saturated carbocycles. The van der Waals surface area contributed by atoms with Crippen molar-refractivity contribution in [2.45, 2.75) is 167 Å². The highest BCUT2D eigenvalue weighted by Gasteiger charge is 2.33. The van der Waals surface area contributed by atoms with Crippen LogP contribution in [0.5, 0.6) is 0 Å². The minimum atomic E-state index is -0.513. The number of carbonyl (C=O) groups excluding carboxylic acids is 2. The summed E-state index contributed by atoms with van der Waals surface area (Å²) < 4.78 is 13.6. The second kappa shape index (κ2) is 29.1. The van der Waals surface area contributed by atoms with Crippen LogP contribution in [0.25, 0.3) is 11.1 Å². The molecule has 0 aromatic heterocycles. The van der Waals surface area contributed by atoms with Gasteiger partial charge in [-0.2, -0.15) is 0 Å². The van der Waals surface area contributed by atoms with E-state index in [0.29, 0.717) is 30.8 Å². The van der Waals surface area contributed by atoms with Crippen LogP contribution in [0.3, 0.4) is 0 Å². The number of hydrogen-bond donors (Lipinski definition) is 4. The Kier molecular flexibility index (Phi) is 22.9. The Morgan fingerprint density at radius 3 is 1.89 bits per heavy atom. The average molecular weight is 875 g/mol. The Labute approximate surface area is 384 Å². The molecule has 348 valence electrons. The van der Waals surface area contributed by atoms with Gasteiger partial charge in [0.25, 0.3) is 0 Å². The van der Waals surface area contributed by atoms with Crippen molar-refractivity contribution >= 4 is 23.2 Å². The number of nitrogens with zero attached hydrogens (tertiary/aromatic N) is 1. The van der Waals surface area contributed by atoms with Gasteiger partial charge in [-0.05, 0) is 78.7 Å². The van der Waals surface area contributed by atoms with Crippen LogP contribution < -0.4 is 16.4 Å². The van der Waals surface area contributed by atoms with Crippen molar-refractivity contribution in [2.24, 2.45) is 0 Å². The number of benzene rings is 4. The van der Waals surface area contributed by atoms with Crippen molar-refractivity contribution in [3.05, 3.63) is 119 Å². The lowest BCUT2D eigenvalue weighted by molar-refractivity contribution is -0.253. The highest BCUT2D eigenvalue weighted by molar-refractivity contribution is 5.93. The Balaban J connectivity index is 1.16. The maximum atomic E-state index is 12.9. The smallest absolute Gasteiger partial charge is 0.224 e. The summed E-state index contributed by atoms with van der Waals surface area (Å²) in [5.41, 5.74) is 13.3. The Hall–Kier alpha value is -4.54. The van der Waals surface area contributed by atoms with Gasteiger partial charge in [0, 0.05) is 37.9 Å². The standard InChI is InChI=1S/C55H78N4O5/c1-3-5-7-9-13-21-37-59(38-22-14-10-8-6-4-2)41-48-39-52(45-31-29-43(42-60)30-32-45)64-55(63-48)46-35-33-44(34-36-46)49-24-18-17-23-47(49)40-57-53(61)27-15-11-12-16-28-54(62)58-51-26-20-19-25-50(51)56/h17-20,23-26,29-36,48,52,55,60H,3-16,21-22,27-28,37-42,56H2,1-2H3,(H,57,61)(H,58,62)/t48-,52+,55+/m1/s1. The van der Waals surface area contributed by atoms with Crippen molar-refractivity contribution in [2.75, 3.05) is 30.7 Å². The number of nitrogens with two attached hydrogens (primary N) is 1. The molecule has 4 aromatic carbocycles. The van der Waals surface area contributed by atoms with Crippen LogP contribution >= 0.6 is 0 Å². The quantitative estimate of drug-likeness (QED) is 0.0304. The predicted molar refractivity (Wildman–Crippen MR) is 263 cm³/mol. The predicted octanol–water partition coefficient (Wildman–Crippen LogP) is 12.6. The van der Waals surface area contributed by atoms with Gasteiger partial charge in [0.05, 0.1) is 30.2 Å². The monoisotopic (exact) mass is 875 g/mol. The topological polar surface area (TPSA) is 126 Å². The number of amides is 2. The molecule has 5 N–H and O–H groups in total. The molecule has 1 heterocycles. The van der Waals surface area contributed by atoms with E-state index in [9.17, 15) is 14.7 Å². The normalized spacial score (nSPS) is 16.2. The average Bonchev–Trinajstić information content (AvgIpc) is 3.32. The largest absolute Gasteiger partial charge is 0.397 e. The molecule has 1 aliphatic heterocycles. The molecular weight excluding hydrogens is 797 g/mol. The molecule has 1 saturated heterocycles. The van der Waals surface area contributed by atoms with E-state index >= 15 is 0 Å². The molecule has 0 spiro atoms. The van der Waals surface area contributed by atoms with E-state index in [1.165, 1.54) is 77.0 Å². The van der Waals surface area contributed by atoms with Crippen LogP contribution in [-0.4, -0.2) is 47.6 Å². The van der Waals surface area contributed by atoms with Gasteiger partial charge in [-0.25, -0.2) is 0 Å². The molecule has 9 nitrogen and oxygen atoms in total. The fourth-order valence-corrected chi connectivity index (χ4v) is 8.65. The van der Waals surface area contributed by atoms with Crippen LogP contribution in [0, 0.1) is 0 Å². The molecule has 1 fully saturated rings. The van der Waals surface area contributed by atoms with E-state index in [4.69, 9.17) is 15.2 Å². The first-order valence-corrected chi connectivity index (χ1v) is 24.7. The number of unbranched alkanes of at least 4 members (excludes halogenated alkanes) is 13. The van der Waals surface area contributed by atoms with Crippen LogP contribution in [0.4, 0.5) is 11.4 Å². The molecule has 2 amide bonds. The van der Waals surface area contributed by atoms with E-state index in [2.05, 4.69) is 77.9 Å². The lowest BCUT2D eigenvalue weighted by Gasteiger charge is -2.38. The van der Waals surface area contributed by atoms with Crippen molar-refractivity contribution in [1.82, 2.24) is 10.2 Å². The van der Waals surface area contributed by atoms with E-state index in [0.717, 1.165) is 85.1 Å². The van der Waals surface area contributed by atoms with Crippen molar-refractivity contribution < 1.29 is 24.2 Å². The van der Waals surface area contributed by atoms with Crippen molar-refractivity contribution in [3.8, 4) is 11.1 Å². The minimum Gasteiger partial charge on any atom is -0.397 e. The first-order valence-electron chi connectivity index (χ1n) is 24.7. The van der Waals surface area contributed by atoms with Crippen molar-refractivity contribution in [1.29, 1.82) is 0 Å². The van der Waals surface area contributed by atoms with Gasteiger partial charge in [0.15, 0.2) is 6.29 Å². The number of para-hydroxylation sites is 2. The molecule has 5 rings (SSSR count). The minimum absolute atomic E-state index is 0.0113. The summed E-state index contributed by atoms with van der Waals surface area (Å²) in [7, 11) is 0. The highest BCUT2D eigenvalue weighted by atomic mass is 16.7. The summed E-state index contributed by atoms with van der Waals surface area (Å²) >= 11 is 0. The van der Waals surface area contributed by atoms with E-state index in [1.807, 2.05) is 36.4 Å². The number of ether oxygens (including phenoxy) is 2. The first-order chi connectivity index (χ1) is 31.4. The van der Waals surface area contributed by atoms with Gasteiger partial charge in [0.1, 0.15) is 0 Å². The molecule has 4 aromatic rings. The molecule has 0 radical (unpaired) electrons. The number of nitrogens with one attached hydrogen (secondary N) is 2. The third kappa shape index (κ3) is 17.8. The summed E-state index contributed by atoms with van der Waals surface area (Å²) in [6.07, 6.45) is 19.8. The SMILES string of the molecule is CCCCCCCCN(CCCCCCCC)C[C@H]1C[C@@H](c2ccc(CO)cc2)O[C@@H](c2ccc(-c3ccccc3CNC(=O)CCCCCCC(=O)Nc3ccccc3N)cc2)O1. The second-order valence-electron chi connectivity index (χ2n) is 17.8. The van der Waals surface area contributed by atoms with Crippen LogP contribution in [-0.2, 0) is 32.2 Å². The molecule has 9 heteroatoms. The maximum absolute atomic E-state index is 12.9. The fraction of sp³-hybridized carbons (Fsp3) is 0.527. The number of aliphatic hydroxyl groups is 1. The van der Waals surface area contributed by atoms with E-state index in [-0.39, 0.29) is 30.6 Å². The number of nitrogen functional groups attached to an aromatic ring is 1. The van der Waals surface area contributed by atoms with E-state index in [1.54, 1.807) is 12.1 Å². The van der Waals surface area contributed by atoms with Gasteiger partial charge >= 0.3 is 0 Å². The molecule has 0 aliphatic carbocycles. The highest BCUT2D eigenvalue weighted by Crippen LogP contribution is 2.39. The summed E-state index contributed by atoms with van der Waals surface area (Å²) in [6.45, 7) is 8.11. The van der Waals surface area contributed by atoms with Crippen LogP contribution in [0.15, 0.2) is 97.1 Å². The molecular formula is C55H78N4O5. The third-order valence-electron chi connectivity index (χ3n) is 12.5. The summed E-state index contributed by atoms with van der Waals surface area (Å²) in [4.78, 5) is 27.9. The van der Waals surface area contributed by atoms with Gasteiger partial charge in [-0.3, -0.25) is 9.59 Å². The fourth-order valence-electron chi connectivity index (χ4n) is 8.65. The lowest BCUT2D eigenvalue weighted by atomic mass is 9.97. The van der Waals surface area contributed by atoms with Gasteiger partial charge in [-0.1, -0.05) is 176 Å². The molecule has 3 atom stereocenters. The lowest BCUT2D eigenvalue weighted by Crippen LogP contribution is -2.40. The second-order valence-corrected chi connectivity index (χ2v) is 17.8. The Morgan fingerprint density at radius 2 is 1.23 bits per heavy atom. The number of anilines is 2. The van der Waals surface area contributed by atoms with E-state index < -0.39 is 6.29 Å². The molecule has 64 heavy (non-hydrogen) atoms. The van der Waals surface area contributed by atoms with Crippen molar-refractivity contribution in [3.63, 3.8) is 0 Å². The number of hydrogen-bond acceptors (Lipinski definition) is 7. The van der Waals surface area contributed by atoms with Gasteiger partial charge < -0.3 is 35.8 Å². The molecule has 0 unspecified atom stereocenters. The number of carbonyl (C=O) groups is 2.